The fourth-order valence-electron chi connectivity index (χ4n) is 8.14. The van der Waals surface area contributed by atoms with Crippen molar-refractivity contribution in [2.75, 3.05) is 123 Å². The van der Waals surface area contributed by atoms with Crippen LogP contribution in [0.5, 0.6) is 0 Å². The maximum atomic E-state index is 11.0. The number of rotatable bonds is 0. The SMILES string of the molecule is CC(C)(C)N1CC2(COC2)C1.CC(C)(C)N1CCC1.CC(C)(C)N1CCCCC1.CC(C)(C)N1CCNC(=O)C1.CC(C)(C)N1CCNCC1.CC(C)(C)N1CCSCC1. The predicted octanol–water partition coefficient (Wildman–Crippen LogP) is 7.62. The molecule has 7 fully saturated rings. The molecule has 0 unspecified atom stereocenters. The molecule has 10 nitrogen and oxygen atoms in total. The Balaban J connectivity index is 0.000000249. The van der Waals surface area contributed by atoms with Gasteiger partial charge in [0.05, 0.1) is 19.8 Å². The Bertz CT molecular complexity index is 1110. The molecule has 356 valence electrons. The zero-order chi connectivity index (χ0) is 45.6. The van der Waals surface area contributed by atoms with Gasteiger partial charge in [-0.05, 0) is 170 Å². The number of thioether (sulfide) groups is 1. The molecular weight excluding hydrogens is 765 g/mol. The number of likely N-dealkylation sites (tertiary alicyclic amines) is 3. The van der Waals surface area contributed by atoms with Crippen LogP contribution in [0, 0.1) is 5.41 Å². The Morgan fingerprint density at radius 3 is 1.08 bits per heavy atom. The fourth-order valence-corrected chi connectivity index (χ4v) is 9.05. The molecule has 0 aromatic rings. The standard InChI is InChI=1S/C9H17NO.C9H19N.C8H16N2O.C8H18N2.C8H17NS.C7H15N/c1-8(2,3)10-4-9(5-10)6-11-7-9;1-9(2,3)10-7-5-4-6-8-10;1-8(2,3)10-5-4-9-7(11)6-10;1-8(2,3)10-6-4-9-5-7-10;1-8(2,3)9-4-6-10-7-5-9;1-7(2,3)8-5-4-6-8/h4-7H2,1-3H3;4-8H2,1-3H3;4-6H2,1-3H3,(H,9,11);9H,4-7H2,1-3H3;4-7H2,1-3H3;4-6H2,1-3H3. The van der Waals surface area contributed by atoms with Crippen molar-refractivity contribution in [2.45, 2.75) is 184 Å². The van der Waals surface area contributed by atoms with Crippen LogP contribution in [0.25, 0.3) is 0 Å². The molecular formula is C49H102N8O2S. The zero-order valence-electron chi connectivity index (χ0n) is 43.2. The summed E-state index contributed by atoms with van der Waals surface area (Å²) < 4.78 is 5.21. The van der Waals surface area contributed by atoms with Gasteiger partial charge in [-0.1, -0.05) is 6.42 Å². The van der Waals surface area contributed by atoms with Crippen molar-refractivity contribution in [1.82, 2.24) is 40.0 Å². The largest absolute Gasteiger partial charge is 0.380 e. The summed E-state index contributed by atoms with van der Waals surface area (Å²) in [7, 11) is 0. The minimum absolute atomic E-state index is 0.123. The highest BCUT2D eigenvalue weighted by atomic mass is 32.2. The van der Waals surface area contributed by atoms with Crippen LogP contribution in [-0.4, -0.2) is 191 Å². The lowest BCUT2D eigenvalue weighted by atomic mass is 9.75. The topological polar surface area (TPSA) is 69.8 Å². The van der Waals surface area contributed by atoms with Crippen molar-refractivity contribution in [3.05, 3.63) is 0 Å². The second kappa shape index (κ2) is 24.1. The average molecular weight is 867 g/mol. The first-order valence-corrected chi connectivity index (χ1v) is 25.2. The van der Waals surface area contributed by atoms with E-state index < -0.39 is 0 Å². The molecule has 0 atom stereocenters. The summed E-state index contributed by atoms with van der Waals surface area (Å²) in [6.07, 6.45) is 5.64. The van der Waals surface area contributed by atoms with Crippen molar-refractivity contribution < 1.29 is 9.53 Å². The molecule has 0 saturated carbocycles. The van der Waals surface area contributed by atoms with Gasteiger partial charge in [0.1, 0.15) is 0 Å². The number of nitrogens with one attached hydrogen (secondary N) is 2. The minimum Gasteiger partial charge on any atom is -0.380 e. The van der Waals surface area contributed by atoms with Gasteiger partial charge in [0, 0.05) is 116 Å². The molecule has 7 rings (SSSR count). The molecule has 1 amide bonds. The van der Waals surface area contributed by atoms with E-state index in [2.05, 4.69) is 176 Å². The lowest BCUT2D eigenvalue weighted by molar-refractivity contribution is -0.207. The van der Waals surface area contributed by atoms with Crippen molar-refractivity contribution in [3.8, 4) is 0 Å². The Kier molecular flexibility index (Phi) is 22.4. The van der Waals surface area contributed by atoms with Gasteiger partial charge in [0.25, 0.3) is 0 Å². The van der Waals surface area contributed by atoms with Crippen LogP contribution in [0.2, 0.25) is 0 Å². The minimum atomic E-state index is 0.123. The number of carbonyl (C=O) groups excluding carboxylic acids is 1. The molecule has 0 aliphatic carbocycles. The number of piperazine rings is 2. The molecule has 1 spiro atoms. The van der Waals surface area contributed by atoms with E-state index in [0.29, 0.717) is 39.7 Å². The summed E-state index contributed by atoms with van der Waals surface area (Å²) >= 11 is 2.07. The van der Waals surface area contributed by atoms with E-state index in [0.717, 1.165) is 39.4 Å². The van der Waals surface area contributed by atoms with E-state index in [-0.39, 0.29) is 11.4 Å². The summed E-state index contributed by atoms with van der Waals surface area (Å²) in [6.45, 7) is 59.9. The summed E-state index contributed by atoms with van der Waals surface area (Å²) in [5, 5.41) is 6.15. The van der Waals surface area contributed by atoms with Crippen molar-refractivity contribution in [3.63, 3.8) is 0 Å². The van der Waals surface area contributed by atoms with Crippen LogP contribution in [0.4, 0.5) is 0 Å². The van der Waals surface area contributed by atoms with Crippen LogP contribution in [-0.2, 0) is 9.53 Å². The molecule has 0 aromatic carbocycles. The molecule has 2 N–H and O–H groups in total. The van der Waals surface area contributed by atoms with E-state index in [9.17, 15) is 4.79 Å². The third kappa shape index (κ3) is 21.0. The molecule has 0 aromatic heterocycles. The molecule has 7 saturated heterocycles. The van der Waals surface area contributed by atoms with Gasteiger partial charge in [-0.25, -0.2) is 0 Å². The Morgan fingerprint density at radius 1 is 0.450 bits per heavy atom. The predicted molar refractivity (Wildman–Crippen MR) is 263 cm³/mol. The van der Waals surface area contributed by atoms with Gasteiger partial charge in [-0.3, -0.25) is 34.2 Å². The van der Waals surface area contributed by atoms with Crippen LogP contribution < -0.4 is 10.6 Å². The highest BCUT2D eigenvalue weighted by molar-refractivity contribution is 7.99. The van der Waals surface area contributed by atoms with Crippen molar-refractivity contribution in [1.29, 1.82) is 0 Å². The van der Waals surface area contributed by atoms with Gasteiger partial charge >= 0.3 is 0 Å². The van der Waals surface area contributed by atoms with Gasteiger partial charge in [-0.2, -0.15) is 11.8 Å². The average Bonchev–Trinajstić information content (AvgIpc) is 3.06. The normalized spacial score (nSPS) is 24.0. The molecule has 0 radical (unpaired) electrons. The quantitative estimate of drug-likeness (QED) is 0.255. The maximum Gasteiger partial charge on any atom is 0.234 e. The number of ether oxygens (including phenoxy) is 1. The molecule has 0 bridgehead atoms. The van der Waals surface area contributed by atoms with E-state index in [1.54, 1.807) is 0 Å². The Hall–Kier alpha value is -0.500. The number of hydrogen-bond donors (Lipinski definition) is 2. The Morgan fingerprint density at radius 2 is 0.817 bits per heavy atom. The molecule has 11 heteroatoms. The van der Waals surface area contributed by atoms with E-state index in [1.165, 1.54) is 103 Å². The smallest absolute Gasteiger partial charge is 0.234 e. The van der Waals surface area contributed by atoms with Crippen LogP contribution in [0.1, 0.15) is 150 Å². The fraction of sp³-hybridized carbons (Fsp3) is 0.980. The number of amides is 1. The number of piperidine rings is 1. The molecule has 60 heavy (non-hydrogen) atoms. The lowest BCUT2D eigenvalue weighted by Crippen LogP contribution is -2.69. The molecule has 7 heterocycles. The van der Waals surface area contributed by atoms with Crippen LogP contribution in [0.3, 0.4) is 0 Å². The molecule has 7 aliphatic heterocycles. The van der Waals surface area contributed by atoms with Gasteiger partial charge < -0.3 is 15.4 Å². The van der Waals surface area contributed by atoms with Gasteiger partial charge in [-0.15, -0.1) is 0 Å². The van der Waals surface area contributed by atoms with Crippen molar-refractivity contribution >= 4 is 17.7 Å². The second-order valence-electron chi connectivity index (χ2n) is 24.4. The van der Waals surface area contributed by atoms with E-state index in [1.807, 2.05) is 0 Å². The summed E-state index contributed by atoms with van der Waals surface area (Å²) in [4.78, 5) is 25.8. The summed E-state index contributed by atoms with van der Waals surface area (Å²) in [5.41, 5.74) is 2.65. The van der Waals surface area contributed by atoms with Crippen LogP contribution >= 0.6 is 11.8 Å². The van der Waals surface area contributed by atoms with Gasteiger partial charge in [0.15, 0.2) is 0 Å². The zero-order valence-corrected chi connectivity index (χ0v) is 44.0. The first-order chi connectivity index (χ1) is 27.4. The van der Waals surface area contributed by atoms with E-state index >= 15 is 0 Å². The lowest BCUT2D eigenvalue weighted by Gasteiger charge is -2.59. The van der Waals surface area contributed by atoms with E-state index in [4.69, 9.17) is 4.74 Å². The third-order valence-corrected chi connectivity index (χ3v) is 13.9. The van der Waals surface area contributed by atoms with Crippen LogP contribution in [0.15, 0.2) is 0 Å². The second-order valence-corrected chi connectivity index (χ2v) is 25.6. The molecule has 7 aliphatic rings. The first-order valence-electron chi connectivity index (χ1n) is 24.1. The first kappa shape index (κ1) is 55.6. The number of hydrogen-bond acceptors (Lipinski definition) is 10. The number of carbonyl (C=O) groups is 1. The summed E-state index contributed by atoms with van der Waals surface area (Å²) in [5.74, 6) is 2.78. The Labute approximate surface area is 377 Å². The van der Waals surface area contributed by atoms with Crippen molar-refractivity contribution in [2.24, 2.45) is 5.41 Å². The monoisotopic (exact) mass is 867 g/mol. The highest BCUT2D eigenvalue weighted by Crippen LogP contribution is 2.40. The summed E-state index contributed by atoms with van der Waals surface area (Å²) in [6, 6.07) is 0. The highest BCUT2D eigenvalue weighted by Gasteiger charge is 2.51. The van der Waals surface area contributed by atoms with Gasteiger partial charge in [0.2, 0.25) is 5.91 Å². The third-order valence-electron chi connectivity index (χ3n) is 12.9. The maximum absolute atomic E-state index is 11.0. The number of nitrogens with zero attached hydrogens (tertiary/aromatic N) is 6.